The molecular weight excluding hydrogens is 406 g/mol. The number of nitrogens with zero attached hydrogens (tertiary/aromatic N) is 3. The van der Waals surface area contributed by atoms with Gasteiger partial charge in [0.15, 0.2) is 4.34 Å². The Kier molecular flexibility index (Phi) is 6.35. The third-order valence-electron chi connectivity index (χ3n) is 4.14. The molecule has 2 aromatic rings. The largest absolute Gasteiger partial charge is 0.374 e. The first-order chi connectivity index (χ1) is 12.9. The highest BCUT2D eigenvalue weighted by atomic mass is 32.2. The van der Waals surface area contributed by atoms with Gasteiger partial charge in [-0.05, 0) is 44.0 Å². The highest BCUT2D eigenvalue weighted by Crippen LogP contribution is 2.28. The number of carbonyl (C=O) groups is 1. The lowest BCUT2D eigenvalue weighted by molar-refractivity contribution is -0.115. The van der Waals surface area contributed by atoms with E-state index in [0.717, 1.165) is 19.3 Å². The van der Waals surface area contributed by atoms with Crippen molar-refractivity contribution in [2.75, 3.05) is 24.1 Å². The lowest BCUT2D eigenvalue weighted by Gasteiger charge is -2.25. The molecule has 1 unspecified atom stereocenters. The average Bonchev–Trinajstić information content (AvgIpc) is 3.07. The van der Waals surface area contributed by atoms with Gasteiger partial charge in [0.1, 0.15) is 0 Å². The van der Waals surface area contributed by atoms with Crippen molar-refractivity contribution in [1.82, 2.24) is 14.5 Å². The van der Waals surface area contributed by atoms with Crippen molar-refractivity contribution in [2.45, 2.75) is 40.7 Å². The summed E-state index contributed by atoms with van der Waals surface area (Å²) in [6.07, 6.45) is 2.85. The standard InChI is InChI=1S/C16H21N5O3S3/c1-11(25-16-20-19-15(17)26-16)14(22)18-12-5-7-13(8-6-12)27(23,24)21-9-3-2-4-10-21/h5-8,11H,2-4,9-10H2,1H3,(H2,17,19)(H,18,22). The van der Waals surface area contributed by atoms with E-state index >= 15 is 0 Å². The summed E-state index contributed by atoms with van der Waals surface area (Å²) in [7, 11) is -3.47. The molecule has 8 nitrogen and oxygen atoms in total. The van der Waals surface area contributed by atoms with Crippen LogP contribution in [0.1, 0.15) is 26.2 Å². The second kappa shape index (κ2) is 8.55. The van der Waals surface area contributed by atoms with Crippen molar-refractivity contribution in [2.24, 2.45) is 0 Å². The van der Waals surface area contributed by atoms with Crippen LogP contribution in [-0.4, -0.2) is 47.2 Å². The van der Waals surface area contributed by atoms with E-state index in [9.17, 15) is 13.2 Å². The number of carbonyl (C=O) groups excluding carboxylic acids is 1. The fourth-order valence-corrected chi connectivity index (χ4v) is 5.98. The topological polar surface area (TPSA) is 118 Å². The van der Waals surface area contributed by atoms with Crippen LogP contribution in [0.25, 0.3) is 0 Å². The number of piperidine rings is 1. The quantitative estimate of drug-likeness (QED) is 0.680. The van der Waals surface area contributed by atoms with Crippen LogP contribution in [0.4, 0.5) is 10.8 Å². The van der Waals surface area contributed by atoms with Crippen molar-refractivity contribution < 1.29 is 13.2 Å². The summed E-state index contributed by atoms with van der Waals surface area (Å²) in [5.41, 5.74) is 6.08. The van der Waals surface area contributed by atoms with Crippen LogP contribution in [0, 0.1) is 0 Å². The van der Waals surface area contributed by atoms with E-state index in [-0.39, 0.29) is 10.8 Å². The Morgan fingerprint density at radius 2 is 1.89 bits per heavy atom. The normalized spacial score (nSPS) is 16.8. The molecule has 146 valence electrons. The Morgan fingerprint density at radius 1 is 1.22 bits per heavy atom. The minimum Gasteiger partial charge on any atom is -0.374 e. The zero-order valence-electron chi connectivity index (χ0n) is 14.8. The van der Waals surface area contributed by atoms with Crippen LogP contribution in [0.5, 0.6) is 0 Å². The second-order valence-electron chi connectivity index (χ2n) is 6.14. The number of hydrogen-bond donors (Lipinski definition) is 2. The molecule has 0 bridgehead atoms. The molecule has 11 heteroatoms. The third kappa shape index (κ3) is 4.98. The van der Waals surface area contributed by atoms with Crippen molar-refractivity contribution in [1.29, 1.82) is 0 Å². The fourth-order valence-electron chi connectivity index (χ4n) is 2.68. The molecule has 3 N–H and O–H groups in total. The number of amides is 1. The van der Waals surface area contributed by atoms with Crippen molar-refractivity contribution in [3.05, 3.63) is 24.3 Å². The number of nitrogens with two attached hydrogens (primary N) is 1. The molecule has 3 rings (SSSR count). The van der Waals surface area contributed by atoms with Crippen LogP contribution < -0.4 is 11.1 Å². The first kappa shape index (κ1) is 20.1. The van der Waals surface area contributed by atoms with Gasteiger partial charge in [0, 0.05) is 18.8 Å². The molecule has 27 heavy (non-hydrogen) atoms. The number of nitrogen functional groups attached to an aromatic ring is 1. The summed E-state index contributed by atoms with van der Waals surface area (Å²) in [5.74, 6) is -0.208. The van der Waals surface area contributed by atoms with E-state index in [1.54, 1.807) is 19.1 Å². The molecule has 1 amide bonds. The molecule has 1 aromatic heterocycles. The lowest BCUT2D eigenvalue weighted by atomic mass is 10.2. The summed E-state index contributed by atoms with van der Waals surface area (Å²) < 4.78 is 27.4. The summed E-state index contributed by atoms with van der Waals surface area (Å²) in [6, 6.07) is 6.27. The van der Waals surface area contributed by atoms with Crippen molar-refractivity contribution >= 4 is 49.8 Å². The van der Waals surface area contributed by atoms with Crippen LogP contribution in [-0.2, 0) is 14.8 Å². The molecule has 1 atom stereocenters. The molecule has 1 aliphatic rings. The zero-order valence-corrected chi connectivity index (χ0v) is 17.2. The first-order valence-electron chi connectivity index (χ1n) is 8.53. The van der Waals surface area contributed by atoms with Gasteiger partial charge in [-0.2, -0.15) is 4.31 Å². The number of aromatic nitrogens is 2. The van der Waals surface area contributed by atoms with Crippen LogP contribution in [0.3, 0.4) is 0 Å². The Balaban J connectivity index is 1.62. The Bertz CT molecular complexity index is 892. The van der Waals surface area contributed by atoms with Crippen LogP contribution in [0.15, 0.2) is 33.5 Å². The molecular formula is C16H21N5O3S3. The van der Waals surface area contributed by atoms with Gasteiger partial charge < -0.3 is 11.1 Å². The fraction of sp³-hybridized carbons (Fsp3) is 0.438. The van der Waals surface area contributed by atoms with Crippen LogP contribution in [0.2, 0.25) is 0 Å². The summed E-state index contributed by atoms with van der Waals surface area (Å²) in [6.45, 7) is 2.88. The summed E-state index contributed by atoms with van der Waals surface area (Å²) in [5, 5.41) is 10.3. The number of benzene rings is 1. The van der Waals surface area contributed by atoms with Crippen LogP contribution >= 0.6 is 23.1 Å². The van der Waals surface area contributed by atoms with Gasteiger partial charge in [-0.3, -0.25) is 4.79 Å². The lowest BCUT2D eigenvalue weighted by Crippen LogP contribution is -2.35. The summed E-state index contributed by atoms with van der Waals surface area (Å²) >= 11 is 2.49. The van der Waals surface area contributed by atoms with Gasteiger partial charge in [-0.1, -0.05) is 29.5 Å². The molecule has 0 spiro atoms. The van der Waals surface area contributed by atoms with E-state index in [2.05, 4.69) is 15.5 Å². The van der Waals surface area contributed by atoms with E-state index < -0.39 is 15.3 Å². The van der Waals surface area contributed by atoms with E-state index in [1.165, 1.54) is 39.5 Å². The molecule has 0 radical (unpaired) electrons. The Labute approximate surface area is 166 Å². The number of sulfonamides is 1. The van der Waals surface area contributed by atoms with Crippen molar-refractivity contribution in [3.8, 4) is 0 Å². The van der Waals surface area contributed by atoms with Gasteiger partial charge in [0.05, 0.1) is 10.1 Å². The predicted molar refractivity (Wildman–Crippen MR) is 107 cm³/mol. The van der Waals surface area contributed by atoms with Gasteiger partial charge >= 0.3 is 0 Å². The molecule has 2 heterocycles. The zero-order chi connectivity index (χ0) is 19.4. The average molecular weight is 428 g/mol. The Hall–Kier alpha value is -1.69. The van der Waals surface area contributed by atoms with E-state index in [1.807, 2.05) is 0 Å². The highest BCUT2D eigenvalue weighted by molar-refractivity contribution is 8.02. The number of anilines is 2. The molecule has 1 saturated heterocycles. The molecule has 1 aliphatic heterocycles. The van der Waals surface area contributed by atoms with Gasteiger partial charge in [-0.15, -0.1) is 10.2 Å². The molecule has 1 fully saturated rings. The first-order valence-corrected chi connectivity index (χ1v) is 11.7. The third-order valence-corrected chi connectivity index (χ3v) is 7.99. The maximum atomic E-state index is 12.6. The number of hydrogen-bond acceptors (Lipinski definition) is 8. The van der Waals surface area contributed by atoms with Gasteiger partial charge in [0.25, 0.3) is 0 Å². The van der Waals surface area contributed by atoms with E-state index in [4.69, 9.17) is 5.73 Å². The monoisotopic (exact) mass is 427 g/mol. The van der Waals surface area contributed by atoms with Gasteiger partial charge in [-0.25, -0.2) is 8.42 Å². The maximum absolute atomic E-state index is 12.6. The summed E-state index contributed by atoms with van der Waals surface area (Å²) in [4.78, 5) is 12.6. The molecule has 0 aliphatic carbocycles. The molecule has 1 aromatic carbocycles. The predicted octanol–water partition coefficient (Wildman–Crippen LogP) is 2.41. The maximum Gasteiger partial charge on any atom is 0.243 e. The SMILES string of the molecule is CC(Sc1nnc(N)s1)C(=O)Nc1ccc(S(=O)(=O)N2CCCCC2)cc1. The Morgan fingerprint density at radius 3 is 2.48 bits per heavy atom. The number of rotatable bonds is 6. The second-order valence-corrected chi connectivity index (χ2v) is 10.7. The van der Waals surface area contributed by atoms with Gasteiger partial charge in [0.2, 0.25) is 21.1 Å². The number of nitrogens with one attached hydrogen (secondary N) is 1. The molecule has 0 saturated carbocycles. The smallest absolute Gasteiger partial charge is 0.243 e. The minimum atomic E-state index is -3.47. The number of thioether (sulfide) groups is 1. The highest BCUT2D eigenvalue weighted by Gasteiger charge is 2.26. The van der Waals surface area contributed by atoms with Crippen molar-refractivity contribution in [3.63, 3.8) is 0 Å². The minimum absolute atomic E-state index is 0.208. The van der Waals surface area contributed by atoms with E-state index in [0.29, 0.717) is 28.2 Å².